The van der Waals surface area contributed by atoms with Gasteiger partial charge >= 0.3 is 0 Å². The van der Waals surface area contributed by atoms with Crippen molar-refractivity contribution >= 4 is 39.1 Å². The minimum absolute atomic E-state index is 0.0330. The van der Waals surface area contributed by atoms with E-state index < -0.39 is 0 Å². The molecule has 1 rings (SSSR count). The summed E-state index contributed by atoms with van der Waals surface area (Å²) in [6.07, 6.45) is 0. The second kappa shape index (κ2) is 6.11. The first-order valence-electron chi connectivity index (χ1n) is 5.04. The summed E-state index contributed by atoms with van der Waals surface area (Å²) in [6, 6.07) is 5.19. The summed E-state index contributed by atoms with van der Waals surface area (Å²) in [7, 11) is 0. The summed E-state index contributed by atoms with van der Waals surface area (Å²) in [5.74, 6) is -0.0330. The molecule has 1 aromatic carbocycles. The van der Waals surface area contributed by atoms with Crippen LogP contribution in [0.2, 0.25) is 5.02 Å². The average Bonchev–Trinajstić information content (AvgIpc) is 2.25. The van der Waals surface area contributed by atoms with Gasteiger partial charge in [-0.1, -0.05) is 17.7 Å². The molecule has 3 nitrogen and oxygen atoms in total. The highest BCUT2D eigenvalue weighted by atomic mass is 79.9. The molecule has 1 amide bonds. The molecule has 0 heterocycles. The highest BCUT2D eigenvalue weighted by Gasteiger charge is 2.13. The summed E-state index contributed by atoms with van der Waals surface area (Å²) in [6.45, 7) is 4.32. The Morgan fingerprint density at radius 2 is 2.25 bits per heavy atom. The number of carbonyl (C=O) groups excluding carboxylic acids is 1. The monoisotopic (exact) mass is 304 g/mol. The Morgan fingerprint density at radius 1 is 1.56 bits per heavy atom. The second-order valence-electron chi connectivity index (χ2n) is 3.36. The molecule has 0 aromatic heterocycles. The Hall–Kier alpha value is -0.740. The van der Waals surface area contributed by atoms with Crippen molar-refractivity contribution in [3.8, 4) is 0 Å². The normalized spacial score (nSPS) is 12.0. The van der Waals surface area contributed by atoms with Crippen LogP contribution in [0.1, 0.15) is 13.8 Å². The lowest BCUT2D eigenvalue weighted by Gasteiger charge is -2.16. The maximum absolute atomic E-state index is 11.5. The fourth-order valence-electron chi connectivity index (χ4n) is 1.24. The molecule has 0 saturated carbocycles. The van der Waals surface area contributed by atoms with Crippen LogP contribution in [0, 0.1) is 0 Å². The van der Waals surface area contributed by atoms with E-state index in [9.17, 15) is 4.79 Å². The van der Waals surface area contributed by atoms with Crippen LogP contribution < -0.4 is 10.6 Å². The van der Waals surface area contributed by atoms with Crippen LogP contribution in [0.4, 0.5) is 5.69 Å². The Balaban J connectivity index is 2.73. The number of amides is 1. The summed E-state index contributed by atoms with van der Waals surface area (Å²) in [4.78, 5) is 11.5. The SMILES string of the molecule is CCNC(=O)C(C)Nc1cccc(Cl)c1Br. The lowest BCUT2D eigenvalue weighted by molar-refractivity contribution is -0.121. The lowest BCUT2D eigenvalue weighted by atomic mass is 10.2. The quantitative estimate of drug-likeness (QED) is 0.898. The molecule has 0 bridgehead atoms. The topological polar surface area (TPSA) is 41.1 Å². The Bertz CT molecular complexity index is 384. The molecule has 1 atom stereocenters. The molecule has 0 spiro atoms. The third-order valence-electron chi connectivity index (χ3n) is 2.07. The van der Waals surface area contributed by atoms with Crippen LogP contribution in [0.25, 0.3) is 0 Å². The van der Waals surface area contributed by atoms with Crippen molar-refractivity contribution in [2.24, 2.45) is 0 Å². The van der Waals surface area contributed by atoms with Crippen LogP contribution >= 0.6 is 27.5 Å². The first-order valence-corrected chi connectivity index (χ1v) is 6.21. The van der Waals surface area contributed by atoms with E-state index in [2.05, 4.69) is 26.6 Å². The largest absolute Gasteiger partial charge is 0.373 e. The number of hydrogen-bond acceptors (Lipinski definition) is 2. The van der Waals surface area contributed by atoms with Crippen LogP contribution in [0.3, 0.4) is 0 Å². The Kier molecular flexibility index (Phi) is 5.09. The van der Waals surface area contributed by atoms with Gasteiger partial charge in [-0.05, 0) is 41.9 Å². The smallest absolute Gasteiger partial charge is 0.242 e. The van der Waals surface area contributed by atoms with E-state index in [0.717, 1.165) is 10.2 Å². The van der Waals surface area contributed by atoms with Gasteiger partial charge in [0, 0.05) is 6.54 Å². The standard InChI is InChI=1S/C11H14BrClN2O/c1-3-14-11(16)7(2)15-9-6-4-5-8(13)10(9)12/h4-7,15H,3H2,1-2H3,(H,14,16). The zero-order valence-electron chi connectivity index (χ0n) is 9.18. The van der Waals surface area contributed by atoms with Crippen molar-refractivity contribution in [1.29, 1.82) is 0 Å². The molecule has 0 radical (unpaired) electrons. The van der Waals surface area contributed by atoms with Gasteiger partial charge in [0.1, 0.15) is 6.04 Å². The van der Waals surface area contributed by atoms with Crippen molar-refractivity contribution in [1.82, 2.24) is 5.32 Å². The highest BCUT2D eigenvalue weighted by molar-refractivity contribution is 9.10. The molecule has 1 aromatic rings. The molecule has 0 fully saturated rings. The van der Waals surface area contributed by atoms with E-state index in [-0.39, 0.29) is 11.9 Å². The Labute approximate surface area is 109 Å². The van der Waals surface area contributed by atoms with E-state index in [1.54, 1.807) is 13.0 Å². The molecule has 0 aliphatic rings. The number of benzene rings is 1. The van der Waals surface area contributed by atoms with E-state index in [4.69, 9.17) is 11.6 Å². The second-order valence-corrected chi connectivity index (χ2v) is 4.56. The van der Waals surface area contributed by atoms with Crippen molar-refractivity contribution in [3.05, 3.63) is 27.7 Å². The molecule has 5 heteroatoms. The number of likely N-dealkylation sites (N-methyl/N-ethyl adjacent to an activating group) is 1. The maximum Gasteiger partial charge on any atom is 0.242 e. The number of anilines is 1. The van der Waals surface area contributed by atoms with Gasteiger partial charge in [-0.3, -0.25) is 4.79 Å². The molecular weight excluding hydrogens is 291 g/mol. The third-order valence-corrected chi connectivity index (χ3v) is 3.47. The number of rotatable bonds is 4. The van der Waals surface area contributed by atoms with Gasteiger partial charge in [0.05, 0.1) is 15.2 Å². The van der Waals surface area contributed by atoms with Crippen LogP contribution in [0.15, 0.2) is 22.7 Å². The van der Waals surface area contributed by atoms with Crippen molar-refractivity contribution < 1.29 is 4.79 Å². The molecule has 88 valence electrons. The zero-order valence-corrected chi connectivity index (χ0v) is 11.5. The highest BCUT2D eigenvalue weighted by Crippen LogP contribution is 2.30. The van der Waals surface area contributed by atoms with Gasteiger partial charge < -0.3 is 10.6 Å². The lowest BCUT2D eigenvalue weighted by Crippen LogP contribution is -2.37. The van der Waals surface area contributed by atoms with Crippen molar-refractivity contribution in [2.45, 2.75) is 19.9 Å². The zero-order chi connectivity index (χ0) is 12.1. The first kappa shape index (κ1) is 13.3. The molecule has 0 saturated heterocycles. The summed E-state index contributed by atoms with van der Waals surface area (Å²) >= 11 is 9.32. The molecule has 0 aliphatic heterocycles. The molecular formula is C11H14BrClN2O. The van der Waals surface area contributed by atoms with Crippen LogP contribution in [-0.2, 0) is 4.79 Å². The molecule has 16 heavy (non-hydrogen) atoms. The van der Waals surface area contributed by atoms with E-state index in [1.807, 2.05) is 19.1 Å². The molecule has 2 N–H and O–H groups in total. The van der Waals surface area contributed by atoms with E-state index in [0.29, 0.717) is 11.6 Å². The third kappa shape index (κ3) is 3.39. The molecule has 0 aliphatic carbocycles. The maximum atomic E-state index is 11.5. The van der Waals surface area contributed by atoms with Crippen LogP contribution in [-0.4, -0.2) is 18.5 Å². The van der Waals surface area contributed by atoms with Gasteiger partial charge in [0.2, 0.25) is 5.91 Å². The minimum atomic E-state index is -0.297. The summed E-state index contributed by atoms with van der Waals surface area (Å²) in [5, 5.41) is 6.46. The number of hydrogen-bond donors (Lipinski definition) is 2. The van der Waals surface area contributed by atoms with E-state index >= 15 is 0 Å². The van der Waals surface area contributed by atoms with Gasteiger partial charge in [-0.25, -0.2) is 0 Å². The Morgan fingerprint density at radius 3 is 2.88 bits per heavy atom. The fraction of sp³-hybridized carbons (Fsp3) is 0.364. The van der Waals surface area contributed by atoms with Gasteiger partial charge in [-0.2, -0.15) is 0 Å². The predicted octanol–water partition coefficient (Wildman–Crippen LogP) is 3.04. The number of nitrogens with one attached hydrogen (secondary N) is 2. The van der Waals surface area contributed by atoms with E-state index in [1.165, 1.54) is 0 Å². The predicted molar refractivity (Wildman–Crippen MR) is 70.9 cm³/mol. The number of carbonyl (C=O) groups is 1. The van der Waals surface area contributed by atoms with Gasteiger partial charge in [0.15, 0.2) is 0 Å². The summed E-state index contributed by atoms with van der Waals surface area (Å²) < 4.78 is 0.771. The number of halogens is 2. The van der Waals surface area contributed by atoms with Crippen molar-refractivity contribution in [2.75, 3.05) is 11.9 Å². The van der Waals surface area contributed by atoms with Gasteiger partial charge in [0.25, 0.3) is 0 Å². The summed E-state index contributed by atoms with van der Waals surface area (Å²) in [5.41, 5.74) is 0.811. The first-order chi connectivity index (χ1) is 7.56. The van der Waals surface area contributed by atoms with Gasteiger partial charge in [-0.15, -0.1) is 0 Å². The van der Waals surface area contributed by atoms with Crippen molar-refractivity contribution in [3.63, 3.8) is 0 Å². The molecule has 1 unspecified atom stereocenters. The average molecular weight is 306 g/mol. The van der Waals surface area contributed by atoms with Crippen LogP contribution in [0.5, 0.6) is 0 Å². The minimum Gasteiger partial charge on any atom is -0.373 e. The fourth-order valence-corrected chi connectivity index (χ4v) is 1.79.